The smallest absolute Gasteiger partial charge is 0.251 e. The summed E-state index contributed by atoms with van der Waals surface area (Å²) >= 11 is 0. The number of nitrogens with zero attached hydrogens (tertiary/aromatic N) is 2. The Morgan fingerprint density at radius 2 is 1.84 bits per heavy atom. The fourth-order valence-electron chi connectivity index (χ4n) is 3.63. The second kappa shape index (κ2) is 13.0. The van der Waals surface area contributed by atoms with Crippen LogP contribution in [0.15, 0.2) is 53.5 Å². The first-order valence-electron chi connectivity index (χ1n) is 10.8. The van der Waals surface area contributed by atoms with Crippen molar-refractivity contribution in [2.75, 3.05) is 33.2 Å². The van der Waals surface area contributed by atoms with E-state index in [4.69, 9.17) is 0 Å². The van der Waals surface area contributed by atoms with Gasteiger partial charge in [0.05, 0.1) is 0 Å². The molecule has 1 aliphatic heterocycles. The largest absolute Gasteiger partial charge is 0.357 e. The molecule has 7 nitrogen and oxygen atoms in total. The molecule has 0 radical (unpaired) electrons. The van der Waals surface area contributed by atoms with E-state index in [1.54, 1.807) is 13.1 Å². The van der Waals surface area contributed by atoms with E-state index in [0.29, 0.717) is 31.2 Å². The second-order valence-electron chi connectivity index (χ2n) is 7.49. The standard InChI is InChI=1S/C24H31N5O2.HI/c1-3-26-24(27-13-11-18-7-6-10-20(15-18)23(31)25-2)28-16-22(30)29-14-12-19-8-4-5-9-21(19)17-29;/h4-10,15H,3,11-14,16-17H2,1-2H3,(H,25,31)(H2,26,27,28);1H. The Morgan fingerprint density at radius 1 is 1.06 bits per heavy atom. The van der Waals surface area contributed by atoms with E-state index in [-0.39, 0.29) is 42.3 Å². The van der Waals surface area contributed by atoms with Gasteiger partial charge in [0.2, 0.25) is 5.91 Å². The van der Waals surface area contributed by atoms with Crippen molar-refractivity contribution in [1.82, 2.24) is 20.9 Å². The van der Waals surface area contributed by atoms with Gasteiger partial charge >= 0.3 is 0 Å². The molecule has 0 spiro atoms. The predicted molar refractivity (Wildman–Crippen MR) is 138 cm³/mol. The molecule has 0 saturated heterocycles. The molecule has 0 saturated carbocycles. The van der Waals surface area contributed by atoms with Crippen molar-refractivity contribution in [1.29, 1.82) is 0 Å². The van der Waals surface area contributed by atoms with Crippen LogP contribution in [-0.4, -0.2) is 55.9 Å². The summed E-state index contributed by atoms with van der Waals surface area (Å²) in [4.78, 5) is 30.8. The van der Waals surface area contributed by atoms with Gasteiger partial charge in [-0.1, -0.05) is 36.4 Å². The number of hydrogen-bond acceptors (Lipinski definition) is 3. The summed E-state index contributed by atoms with van der Waals surface area (Å²) < 4.78 is 0. The highest BCUT2D eigenvalue weighted by atomic mass is 127. The third-order valence-corrected chi connectivity index (χ3v) is 5.32. The van der Waals surface area contributed by atoms with Gasteiger partial charge in [0, 0.05) is 38.8 Å². The van der Waals surface area contributed by atoms with E-state index in [1.807, 2.05) is 42.2 Å². The lowest BCUT2D eigenvalue weighted by atomic mass is 10.00. The number of carbonyl (C=O) groups excluding carboxylic acids is 2. The van der Waals surface area contributed by atoms with Crippen molar-refractivity contribution in [3.63, 3.8) is 0 Å². The fraction of sp³-hybridized carbons (Fsp3) is 0.375. The van der Waals surface area contributed by atoms with Crippen LogP contribution < -0.4 is 16.0 Å². The molecule has 0 aliphatic carbocycles. The average molecular weight is 549 g/mol. The van der Waals surface area contributed by atoms with Crippen LogP contribution in [0.2, 0.25) is 0 Å². The molecule has 2 aromatic carbocycles. The highest BCUT2D eigenvalue weighted by molar-refractivity contribution is 14.0. The van der Waals surface area contributed by atoms with Gasteiger partial charge in [-0.15, -0.1) is 24.0 Å². The monoisotopic (exact) mass is 549 g/mol. The van der Waals surface area contributed by atoms with E-state index >= 15 is 0 Å². The summed E-state index contributed by atoms with van der Waals surface area (Å²) in [5.41, 5.74) is 4.25. The maximum Gasteiger partial charge on any atom is 0.251 e. The number of aliphatic imine (C=N–C) groups is 1. The number of nitrogens with one attached hydrogen (secondary N) is 3. The van der Waals surface area contributed by atoms with E-state index in [9.17, 15) is 9.59 Å². The van der Waals surface area contributed by atoms with Crippen LogP contribution in [0.5, 0.6) is 0 Å². The first kappa shape index (κ1) is 25.6. The molecular formula is C24H32IN5O2. The minimum atomic E-state index is -0.0939. The maximum atomic E-state index is 12.7. The van der Waals surface area contributed by atoms with Crippen LogP contribution >= 0.6 is 24.0 Å². The number of hydrogen-bond donors (Lipinski definition) is 3. The van der Waals surface area contributed by atoms with Crippen LogP contribution in [-0.2, 0) is 24.2 Å². The molecule has 172 valence electrons. The van der Waals surface area contributed by atoms with Crippen LogP contribution in [0.1, 0.15) is 34.0 Å². The normalized spacial score (nSPS) is 12.9. The average Bonchev–Trinajstić information content (AvgIpc) is 2.81. The van der Waals surface area contributed by atoms with Crippen molar-refractivity contribution in [3.8, 4) is 0 Å². The summed E-state index contributed by atoms with van der Waals surface area (Å²) in [6.45, 7) is 4.85. The molecule has 0 bridgehead atoms. The molecular weight excluding hydrogens is 517 g/mol. The minimum Gasteiger partial charge on any atom is -0.357 e. The van der Waals surface area contributed by atoms with E-state index in [0.717, 1.165) is 24.9 Å². The molecule has 32 heavy (non-hydrogen) atoms. The van der Waals surface area contributed by atoms with Gasteiger partial charge < -0.3 is 20.9 Å². The Labute approximate surface area is 207 Å². The number of halogens is 1. The van der Waals surface area contributed by atoms with Crippen molar-refractivity contribution < 1.29 is 9.59 Å². The zero-order chi connectivity index (χ0) is 22.1. The van der Waals surface area contributed by atoms with Crippen LogP contribution in [0.25, 0.3) is 0 Å². The van der Waals surface area contributed by atoms with Gasteiger partial charge in [-0.2, -0.15) is 0 Å². The molecule has 0 unspecified atom stereocenters. The molecule has 3 N–H and O–H groups in total. The van der Waals surface area contributed by atoms with Gasteiger partial charge in [-0.3, -0.25) is 9.59 Å². The van der Waals surface area contributed by atoms with Crippen molar-refractivity contribution in [3.05, 3.63) is 70.8 Å². The molecule has 3 rings (SSSR count). The van der Waals surface area contributed by atoms with Gasteiger partial charge in [0.15, 0.2) is 5.96 Å². The molecule has 0 fully saturated rings. The third-order valence-electron chi connectivity index (χ3n) is 5.32. The molecule has 1 heterocycles. The number of rotatable bonds is 7. The third kappa shape index (κ3) is 7.22. The van der Waals surface area contributed by atoms with Gasteiger partial charge in [0.25, 0.3) is 5.91 Å². The number of carbonyl (C=O) groups is 2. The predicted octanol–water partition coefficient (Wildman–Crippen LogP) is 2.35. The fourth-order valence-corrected chi connectivity index (χ4v) is 3.63. The Morgan fingerprint density at radius 3 is 2.59 bits per heavy atom. The lowest BCUT2D eigenvalue weighted by Gasteiger charge is -2.28. The topological polar surface area (TPSA) is 85.8 Å². The van der Waals surface area contributed by atoms with Crippen molar-refractivity contribution in [2.45, 2.75) is 26.3 Å². The summed E-state index contributed by atoms with van der Waals surface area (Å²) in [5, 5.41) is 9.10. The van der Waals surface area contributed by atoms with Crippen molar-refractivity contribution in [2.24, 2.45) is 4.99 Å². The van der Waals surface area contributed by atoms with Crippen molar-refractivity contribution >= 4 is 41.8 Å². The first-order valence-corrected chi connectivity index (χ1v) is 10.8. The van der Waals surface area contributed by atoms with Crippen LogP contribution in [0.4, 0.5) is 0 Å². The molecule has 8 heteroatoms. The summed E-state index contributed by atoms with van der Waals surface area (Å²) in [7, 11) is 1.62. The molecule has 0 aromatic heterocycles. The second-order valence-corrected chi connectivity index (χ2v) is 7.49. The maximum absolute atomic E-state index is 12.7. The van der Waals surface area contributed by atoms with E-state index in [1.165, 1.54) is 11.1 Å². The number of fused-ring (bicyclic) bond motifs is 1. The van der Waals surface area contributed by atoms with Gasteiger partial charge in [-0.25, -0.2) is 4.99 Å². The summed E-state index contributed by atoms with van der Waals surface area (Å²) in [6, 6.07) is 15.8. The quantitative estimate of drug-likeness (QED) is 0.281. The lowest BCUT2D eigenvalue weighted by Crippen LogP contribution is -2.41. The zero-order valence-electron chi connectivity index (χ0n) is 18.7. The first-order chi connectivity index (χ1) is 15.1. The summed E-state index contributed by atoms with van der Waals surface area (Å²) in [6.07, 6.45) is 1.63. The van der Waals surface area contributed by atoms with Crippen LogP contribution in [0.3, 0.4) is 0 Å². The number of benzene rings is 2. The van der Waals surface area contributed by atoms with Crippen LogP contribution in [0, 0.1) is 0 Å². The Bertz CT molecular complexity index is 947. The lowest BCUT2D eigenvalue weighted by molar-refractivity contribution is -0.130. The Balaban J connectivity index is 0.00000363. The Kier molecular flexibility index (Phi) is 10.5. The number of guanidine groups is 1. The highest BCUT2D eigenvalue weighted by Crippen LogP contribution is 2.18. The molecule has 2 amide bonds. The highest BCUT2D eigenvalue weighted by Gasteiger charge is 2.20. The SMILES string of the molecule is CCNC(=NCC(=O)N1CCc2ccccc2C1)NCCc1cccc(C(=O)NC)c1.I. The zero-order valence-corrected chi connectivity index (χ0v) is 21.0. The van der Waals surface area contributed by atoms with E-state index < -0.39 is 0 Å². The minimum absolute atomic E-state index is 0. The molecule has 0 atom stereocenters. The molecule has 1 aliphatic rings. The van der Waals surface area contributed by atoms with E-state index in [2.05, 4.69) is 33.1 Å². The summed E-state index contributed by atoms with van der Waals surface area (Å²) in [5.74, 6) is 0.559. The molecule has 2 aromatic rings. The van der Waals surface area contributed by atoms with Gasteiger partial charge in [0.1, 0.15) is 6.54 Å². The van der Waals surface area contributed by atoms with Gasteiger partial charge in [-0.05, 0) is 48.6 Å². The number of amides is 2. The Hall–Kier alpha value is -2.62.